The van der Waals surface area contributed by atoms with E-state index in [0.29, 0.717) is 23.7 Å². The molecule has 3 aromatic rings. The lowest BCUT2D eigenvalue weighted by molar-refractivity contribution is -0.392. The van der Waals surface area contributed by atoms with Crippen molar-refractivity contribution in [3.8, 4) is 5.75 Å². The molecule has 1 amide bonds. The number of benzene rings is 2. The van der Waals surface area contributed by atoms with Crippen molar-refractivity contribution in [3.63, 3.8) is 0 Å². The van der Waals surface area contributed by atoms with E-state index in [1.54, 1.807) is 55.5 Å². The van der Waals surface area contributed by atoms with Crippen LogP contribution in [0, 0.1) is 17.0 Å². The predicted octanol–water partition coefficient (Wildman–Crippen LogP) is 2.94. The first-order chi connectivity index (χ1) is 14.0. The average molecular weight is 393 g/mol. The Labute approximate surface area is 166 Å². The summed E-state index contributed by atoms with van der Waals surface area (Å²) >= 11 is 0. The third-order valence-corrected chi connectivity index (χ3v) is 4.10. The molecular formula is C20H19N5O4. The number of hydrogen-bond donors (Lipinski definition) is 1. The van der Waals surface area contributed by atoms with Crippen molar-refractivity contribution < 1.29 is 14.5 Å². The van der Waals surface area contributed by atoms with Crippen LogP contribution in [-0.2, 0) is 6.54 Å². The van der Waals surface area contributed by atoms with Crippen LogP contribution in [-0.4, -0.2) is 33.2 Å². The molecule has 2 aromatic carbocycles. The van der Waals surface area contributed by atoms with Crippen LogP contribution in [0.3, 0.4) is 0 Å². The molecule has 29 heavy (non-hydrogen) atoms. The van der Waals surface area contributed by atoms with Gasteiger partial charge in [0.2, 0.25) is 0 Å². The zero-order valence-electron chi connectivity index (χ0n) is 15.7. The van der Waals surface area contributed by atoms with Crippen LogP contribution in [0.25, 0.3) is 0 Å². The lowest BCUT2D eigenvalue weighted by Gasteiger charge is -2.06. The van der Waals surface area contributed by atoms with Crippen molar-refractivity contribution in [2.45, 2.75) is 13.5 Å². The molecule has 1 heterocycles. The number of nitro groups is 1. The van der Waals surface area contributed by atoms with Crippen LogP contribution in [0.15, 0.2) is 65.9 Å². The molecular weight excluding hydrogens is 374 g/mol. The number of nitrogens with zero attached hydrogens (tertiary/aromatic N) is 4. The normalized spacial score (nSPS) is 10.8. The average Bonchev–Trinajstić information content (AvgIpc) is 3.10. The molecule has 0 aliphatic rings. The number of nitrogens with one attached hydrogen (secondary N) is 1. The van der Waals surface area contributed by atoms with Gasteiger partial charge in [-0.25, -0.2) is 15.0 Å². The van der Waals surface area contributed by atoms with Gasteiger partial charge in [-0.05, 0) is 46.9 Å². The van der Waals surface area contributed by atoms with Gasteiger partial charge in [-0.1, -0.05) is 18.2 Å². The minimum absolute atomic E-state index is 0.0600. The Morgan fingerprint density at radius 1 is 1.24 bits per heavy atom. The van der Waals surface area contributed by atoms with Crippen LogP contribution in [0.5, 0.6) is 5.75 Å². The van der Waals surface area contributed by atoms with Crippen molar-refractivity contribution >= 4 is 17.9 Å². The highest BCUT2D eigenvalue weighted by Gasteiger charge is 2.16. The molecule has 0 fully saturated rings. The summed E-state index contributed by atoms with van der Waals surface area (Å²) in [6, 6.07) is 15.9. The second-order valence-corrected chi connectivity index (χ2v) is 6.06. The maximum Gasteiger partial charge on any atom is 0.342 e. The maximum atomic E-state index is 11.9. The summed E-state index contributed by atoms with van der Waals surface area (Å²) in [4.78, 5) is 26.4. The van der Waals surface area contributed by atoms with Gasteiger partial charge in [0.25, 0.3) is 5.91 Å². The summed E-state index contributed by atoms with van der Waals surface area (Å²) in [5.74, 6) is 0.834. The van der Waals surface area contributed by atoms with Crippen molar-refractivity contribution in [2.24, 2.45) is 5.10 Å². The molecule has 0 aliphatic carbocycles. The first kappa shape index (κ1) is 19.7. The third kappa shape index (κ3) is 5.25. The van der Waals surface area contributed by atoms with E-state index in [1.165, 1.54) is 17.0 Å². The third-order valence-electron chi connectivity index (χ3n) is 4.10. The molecule has 0 bridgehead atoms. The number of aromatic nitrogens is 2. The zero-order chi connectivity index (χ0) is 20.6. The van der Waals surface area contributed by atoms with Gasteiger partial charge in [-0.15, -0.1) is 0 Å². The number of hydrogen-bond acceptors (Lipinski definition) is 6. The van der Waals surface area contributed by atoms with Crippen LogP contribution in [0.4, 0.5) is 5.82 Å². The van der Waals surface area contributed by atoms with E-state index in [4.69, 9.17) is 4.74 Å². The van der Waals surface area contributed by atoms with Crippen LogP contribution < -0.4 is 10.2 Å². The van der Waals surface area contributed by atoms with Gasteiger partial charge in [0.15, 0.2) is 5.82 Å². The summed E-state index contributed by atoms with van der Waals surface area (Å²) in [7, 11) is 0. The number of imidazole rings is 1. The van der Waals surface area contributed by atoms with Crippen LogP contribution in [0.1, 0.15) is 21.7 Å². The number of amides is 1. The molecule has 9 heteroatoms. The SMILES string of the molecule is Cc1ncc([N+](=O)[O-])n1CCOc1ccc(/C=N/NC(=O)c2ccccc2)cc1. The number of carbonyl (C=O) groups is 1. The van der Waals surface area contributed by atoms with Gasteiger partial charge in [-0.2, -0.15) is 5.10 Å². The Balaban J connectivity index is 1.50. The molecule has 0 radical (unpaired) electrons. The fourth-order valence-electron chi connectivity index (χ4n) is 2.60. The summed E-state index contributed by atoms with van der Waals surface area (Å²) in [6.45, 7) is 2.28. The lowest BCUT2D eigenvalue weighted by atomic mass is 10.2. The fourth-order valence-corrected chi connectivity index (χ4v) is 2.60. The summed E-state index contributed by atoms with van der Waals surface area (Å²) in [6.07, 6.45) is 2.77. The maximum absolute atomic E-state index is 11.9. The van der Waals surface area contributed by atoms with E-state index in [0.717, 1.165) is 5.56 Å². The molecule has 148 valence electrons. The second kappa shape index (κ2) is 9.27. The van der Waals surface area contributed by atoms with E-state index in [1.807, 2.05) is 6.07 Å². The Kier molecular flexibility index (Phi) is 6.31. The van der Waals surface area contributed by atoms with Gasteiger partial charge < -0.3 is 14.9 Å². The topological polar surface area (TPSA) is 112 Å². The Hall–Kier alpha value is -4.01. The molecule has 0 spiro atoms. The molecule has 3 rings (SSSR count). The zero-order valence-corrected chi connectivity index (χ0v) is 15.7. The Morgan fingerprint density at radius 3 is 2.66 bits per heavy atom. The summed E-state index contributed by atoms with van der Waals surface area (Å²) < 4.78 is 7.14. The summed E-state index contributed by atoms with van der Waals surface area (Å²) in [5, 5.41) is 14.9. The Bertz CT molecular complexity index is 1010. The number of rotatable bonds is 8. The highest BCUT2D eigenvalue weighted by molar-refractivity contribution is 5.94. The van der Waals surface area contributed by atoms with Crippen molar-refractivity contribution in [3.05, 3.63) is 87.9 Å². The molecule has 0 saturated heterocycles. The molecule has 0 atom stereocenters. The number of aryl methyl sites for hydroxylation is 1. The number of carbonyl (C=O) groups excluding carboxylic acids is 1. The van der Waals surface area contributed by atoms with Gasteiger partial charge in [0, 0.05) is 12.5 Å². The first-order valence-electron chi connectivity index (χ1n) is 8.82. The van der Waals surface area contributed by atoms with E-state index in [9.17, 15) is 14.9 Å². The van der Waals surface area contributed by atoms with Gasteiger partial charge in [0.05, 0.1) is 6.21 Å². The number of ether oxygens (including phenoxy) is 1. The van der Waals surface area contributed by atoms with Crippen molar-refractivity contribution in [2.75, 3.05) is 6.61 Å². The smallest absolute Gasteiger partial charge is 0.342 e. The molecule has 1 aromatic heterocycles. The molecule has 0 saturated carbocycles. The summed E-state index contributed by atoms with van der Waals surface area (Å²) in [5.41, 5.74) is 3.78. The van der Waals surface area contributed by atoms with Crippen molar-refractivity contribution in [1.29, 1.82) is 0 Å². The highest BCUT2D eigenvalue weighted by Crippen LogP contribution is 2.15. The lowest BCUT2D eigenvalue weighted by Crippen LogP contribution is -2.17. The monoisotopic (exact) mass is 393 g/mol. The van der Waals surface area contributed by atoms with Gasteiger partial charge >= 0.3 is 5.82 Å². The standard InChI is InChI=1S/C20H19N5O4/c1-15-21-14-19(25(27)28)24(15)11-12-29-18-9-7-16(8-10-18)13-22-23-20(26)17-5-3-2-4-6-17/h2-10,13-14H,11-12H2,1H3,(H,23,26)/b22-13+. The minimum Gasteiger partial charge on any atom is -0.489 e. The van der Waals surface area contributed by atoms with E-state index >= 15 is 0 Å². The van der Waals surface area contributed by atoms with E-state index in [2.05, 4.69) is 15.5 Å². The first-order valence-corrected chi connectivity index (χ1v) is 8.82. The van der Waals surface area contributed by atoms with Gasteiger partial charge in [-0.3, -0.25) is 4.79 Å². The van der Waals surface area contributed by atoms with Crippen molar-refractivity contribution in [1.82, 2.24) is 15.0 Å². The largest absolute Gasteiger partial charge is 0.489 e. The quantitative estimate of drug-likeness (QED) is 0.359. The van der Waals surface area contributed by atoms with E-state index < -0.39 is 4.92 Å². The number of hydrazone groups is 1. The predicted molar refractivity (Wildman–Crippen MR) is 107 cm³/mol. The van der Waals surface area contributed by atoms with E-state index in [-0.39, 0.29) is 18.3 Å². The highest BCUT2D eigenvalue weighted by atomic mass is 16.6. The molecule has 9 nitrogen and oxygen atoms in total. The molecule has 1 N–H and O–H groups in total. The fraction of sp³-hybridized carbons (Fsp3) is 0.150. The second-order valence-electron chi connectivity index (χ2n) is 6.06. The molecule has 0 unspecified atom stereocenters. The Morgan fingerprint density at radius 2 is 1.97 bits per heavy atom. The minimum atomic E-state index is -0.468. The van der Waals surface area contributed by atoms with Crippen LogP contribution >= 0.6 is 0 Å². The van der Waals surface area contributed by atoms with Gasteiger partial charge in [0.1, 0.15) is 25.1 Å². The van der Waals surface area contributed by atoms with Crippen LogP contribution in [0.2, 0.25) is 0 Å². The molecule has 0 aliphatic heterocycles.